The van der Waals surface area contributed by atoms with Crippen LogP contribution in [0.2, 0.25) is 0 Å². The molecule has 3 rings (SSSR count). The highest BCUT2D eigenvalue weighted by Crippen LogP contribution is 2.24. The van der Waals surface area contributed by atoms with Crippen molar-refractivity contribution < 1.29 is 19.1 Å². The van der Waals surface area contributed by atoms with Crippen molar-refractivity contribution in [2.45, 2.75) is 18.1 Å². The number of amides is 2. The zero-order valence-electron chi connectivity index (χ0n) is 13.6. The molecule has 1 aromatic rings. The monoisotopic (exact) mass is 348 g/mol. The smallest absolute Gasteiger partial charge is 0.320 e. The third-order valence-corrected chi connectivity index (χ3v) is 5.48. The SMILES string of the molecule is COC(=O)[C@@H]1CN(C(=O)c2ccc(N3CCCC3=O)cc2)CCS1. The van der Waals surface area contributed by atoms with Crippen molar-refractivity contribution in [3.05, 3.63) is 29.8 Å². The second-order valence-corrected chi connectivity index (χ2v) is 7.14. The van der Waals surface area contributed by atoms with Crippen molar-refractivity contribution in [2.75, 3.05) is 37.4 Å². The Morgan fingerprint density at radius 3 is 2.58 bits per heavy atom. The van der Waals surface area contributed by atoms with E-state index in [2.05, 4.69) is 0 Å². The van der Waals surface area contributed by atoms with Crippen LogP contribution in [0, 0.1) is 0 Å². The van der Waals surface area contributed by atoms with Gasteiger partial charge in [-0.1, -0.05) is 0 Å². The molecule has 0 aromatic heterocycles. The van der Waals surface area contributed by atoms with Gasteiger partial charge in [0, 0.05) is 43.1 Å². The van der Waals surface area contributed by atoms with Crippen LogP contribution in [0.3, 0.4) is 0 Å². The zero-order valence-corrected chi connectivity index (χ0v) is 14.4. The van der Waals surface area contributed by atoms with Crippen molar-refractivity contribution in [2.24, 2.45) is 0 Å². The maximum absolute atomic E-state index is 12.6. The summed E-state index contributed by atoms with van der Waals surface area (Å²) in [6, 6.07) is 7.12. The van der Waals surface area contributed by atoms with Gasteiger partial charge in [0.2, 0.25) is 5.91 Å². The van der Waals surface area contributed by atoms with Gasteiger partial charge in [0.1, 0.15) is 5.25 Å². The van der Waals surface area contributed by atoms with Gasteiger partial charge in [0.15, 0.2) is 0 Å². The second kappa shape index (κ2) is 7.25. The van der Waals surface area contributed by atoms with E-state index < -0.39 is 0 Å². The summed E-state index contributed by atoms with van der Waals surface area (Å²) in [5.41, 5.74) is 1.40. The van der Waals surface area contributed by atoms with Gasteiger partial charge in [-0.15, -0.1) is 11.8 Å². The summed E-state index contributed by atoms with van der Waals surface area (Å²) in [6.07, 6.45) is 1.46. The van der Waals surface area contributed by atoms with E-state index in [9.17, 15) is 14.4 Å². The van der Waals surface area contributed by atoms with Gasteiger partial charge in [0.25, 0.3) is 5.91 Å². The van der Waals surface area contributed by atoms with E-state index >= 15 is 0 Å². The molecule has 2 aliphatic heterocycles. The Labute approximate surface area is 145 Å². The Morgan fingerprint density at radius 1 is 1.21 bits per heavy atom. The number of thioether (sulfide) groups is 1. The Bertz CT molecular complexity index is 646. The summed E-state index contributed by atoms with van der Waals surface area (Å²) in [6.45, 7) is 1.71. The molecule has 0 saturated carbocycles. The van der Waals surface area contributed by atoms with Crippen LogP contribution in [0.4, 0.5) is 5.69 Å². The van der Waals surface area contributed by atoms with Gasteiger partial charge in [-0.05, 0) is 30.7 Å². The first kappa shape index (κ1) is 16.8. The first-order chi connectivity index (χ1) is 11.6. The minimum atomic E-state index is -0.325. The minimum absolute atomic E-state index is 0.0940. The maximum atomic E-state index is 12.6. The van der Waals surface area contributed by atoms with E-state index in [1.165, 1.54) is 18.9 Å². The highest BCUT2D eigenvalue weighted by Gasteiger charge is 2.30. The van der Waals surface area contributed by atoms with Gasteiger partial charge in [-0.25, -0.2) is 0 Å². The third-order valence-electron chi connectivity index (χ3n) is 4.32. The van der Waals surface area contributed by atoms with Crippen LogP contribution >= 0.6 is 11.8 Å². The number of anilines is 1. The maximum Gasteiger partial charge on any atom is 0.320 e. The number of esters is 1. The summed E-state index contributed by atoms with van der Waals surface area (Å²) < 4.78 is 4.77. The van der Waals surface area contributed by atoms with Crippen LogP contribution in [0.5, 0.6) is 0 Å². The zero-order chi connectivity index (χ0) is 17.1. The molecule has 2 saturated heterocycles. The number of rotatable bonds is 3. The van der Waals surface area contributed by atoms with Crippen LogP contribution in [0.25, 0.3) is 0 Å². The molecule has 2 heterocycles. The van der Waals surface area contributed by atoms with Crippen molar-refractivity contribution >= 4 is 35.2 Å². The molecule has 0 aliphatic carbocycles. The van der Waals surface area contributed by atoms with E-state index in [4.69, 9.17) is 4.74 Å². The molecule has 128 valence electrons. The van der Waals surface area contributed by atoms with Crippen LogP contribution < -0.4 is 4.90 Å². The fourth-order valence-corrected chi connectivity index (χ4v) is 4.12. The number of hydrogen-bond acceptors (Lipinski definition) is 5. The predicted molar refractivity (Wildman–Crippen MR) is 92.2 cm³/mol. The number of benzene rings is 1. The molecule has 0 spiro atoms. The van der Waals surface area contributed by atoms with E-state index in [1.54, 1.807) is 21.9 Å². The van der Waals surface area contributed by atoms with Gasteiger partial charge in [-0.2, -0.15) is 0 Å². The molecule has 2 aliphatic rings. The molecule has 0 unspecified atom stereocenters. The van der Waals surface area contributed by atoms with Gasteiger partial charge in [-0.3, -0.25) is 14.4 Å². The second-order valence-electron chi connectivity index (χ2n) is 5.83. The topological polar surface area (TPSA) is 66.9 Å². The fraction of sp³-hybridized carbons (Fsp3) is 0.471. The summed E-state index contributed by atoms with van der Waals surface area (Å²) in [4.78, 5) is 39.5. The molecule has 0 N–H and O–H groups in total. The fourth-order valence-electron chi connectivity index (χ4n) is 3.00. The third kappa shape index (κ3) is 3.40. The number of hydrogen-bond donors (Lipinski definition) is 0. The quantitative estimate of drug-likeness (QED) is 0.775. The number of carbonyl (C=O) groups excluding carboxylic acids is 3. The summed E-state index contributed by atoms with van der Waals surface area (Å²) in [5.74, 6) is 0.457. The lowest BCUT2D eigenvalue weighted by Gasteiger charge is -2.31. The first-order valence-corrected chi connectivity index (χ1v) is 9.04. The van der Waals surface area contributed by atoms with E-state index in [1.807, 2.05) is 12.1 Å². The molecule has 24 heavy (non-hydrogen) atoms. The molecular weight excluding hydrogens is 328 g/mol. The number of ether oxygens (including phenoxy) is 1. The standard InChI is InChI=1S/C17H20N2O4S/c1-23-17(22)14-11-18(9-10-24-14)16(21)12-4-6-13(7-5-12)19-8-2-3-15(19)20/h4-7,14H,2-3,8-11H2,1H3/t14-/m0/s1. The molecule has 2 fully saturated rings. The normalized spacial score (nSPS) is 21.0. The van der Waals surface area contributed by atoms with Crippen molar-refractivity contribution in [1.29, 1.82) is 0 Å². The summed E-state index contributed by atoms with van der Waals surface area (Å²) >= 11 is 1.52. The highest BCUT2D eigenvalue weighted by molar-refractivity contribution is 8.00. The van der Waals surface area contributed by atoms with Crippen LogP contribution in [-0.2, 0) is 14.3 Å². The minimum Gasteiger partial charge on any atom is -0.468 e. The molecule has 0 bridgehead atoms. The van der Waals surface area contributed by atoms with Gasteiger partial charge < -0.3 is 14.5 Å². The Kier molecular flexibility index (Phi) is 5.08. The molecule has 7 heteroatoms. The lowest BCUT2D eigenvalue weighted by Crippen LogP contribution is -2.44. The van der Waals surface area contributed by atoms with Crippen molar-refractivity contribution in [3.63, 3.8) is 0 Å². The van der Waals surface area contributed by atoms with E-state index in [0.29, 0.717) is 30.8 Å². The van der Waals surface area contributed by atoms with Crippen LogP contribution in [0.1, 0.15) is 23.2 Å². The molecule has 1 aromatic carbocycles. The lowest BCUT2D eigenvalue weighted by atomic mass is 10.1. The number of nitrogens with zero attached hydrogens (tertiary/aromatic N) is 2. The number of carbonyl (C=O) groups is 3. The molecule has 0 radical (unpaired) electrons. The van der Waals surface area contributed by atoms with E-state index in [-0.39, 0.29) is 23.0 Å². The highest BCUT2D eigenvalue weighted by atomic mass is 32.2. The molecule has 2 amide bonds. The lowest BCUT2D eigenvalue weighted by molar-refractivity contribution is -0.140. The van der Waals surface area contributed by atoms with E-state index in [0.717, 1.165) is 18.7 Å². The number of methoxy groups -OCH3 is 1. The predicted octanol–water partition coefficient (Wildman–Crippen LogP) is 1.54. The van der Waals surface area contributed by atoms with Crippen LogP contribution in [-0.4, -0.2) is 60.4 Å². The molecule has 1 atom stereocenters. The Morgan fingerprint density at radius 2 is 1.96 bits per heavy atom. The molecule has 6 nitrogen and oxygen atoms in total. The first-order valence-electron chi connectivity index (χ1n) is 7.99. The average molecular weight is 348 g/mol. The van der Waals surface area contributed by atoms with Gasteiger partial charge in [0.05, 0.1) is 7.11 Å². The van der Waals surface area contributed by atoms with Crippen molar-refractivity contribution in [1.82, 2.24) is 4.90 Å². The summed E-state index contributed by atoms with van der Waals surface area (Å²) in [7, 11) is 1.36. The Hall–Kier alpha value is -2.02. The molecular formula is C17H20N2O4S. The van der Waals surface area contributed by atoms with Gasteiger partial charge >= 0.3 is 5.97 Å². The van der Waals surface area contributed by atoms with Crippen molar-refractivity contribution in [3.8, 4) is 0 Å². The summed E-state index contributed by atoms with van der Waals surface area (Å²) in [5, 5.41) is -0.325. The average Bonchev–Trinajstić information content (AvgIpc) is 3.06. The Balaban J connectivity index is 1.68. The van der Waals surface area contributed by atoms with Crippen LogP contribution in [0.15, 0.2) is 24.3 Å². The largest absolute Gasteiger partial charge is 0.468 e.